The van der Waals surface area contributed by atoms with Crippen LogP contribution in [0.15, 0.2) is 97.3 Å². The highest BCUT2D eigenvalue weighted by atomic mass is 16.5. The quantitative estimate of drug-likeness (QED) is 0.204. The number of methoxy groups -OCH3 is 1. The van der Waals surface area contributed by atoms with Crippen LogP contribution >= 0.6 is 0 Å². The summed E-state index contributed by atoms with van der Waals surface area (Å²) in [6.07, 6.45) is 0. The van der Waals surface area contributed by atoms with Gasteiger partial charge in [-0.15, -0.1) is 0 Å². The van der Waals surface area contributed by atoms with E-state index in [-0.39, 0.29) is 56.5 Å². The van der Waals surface area contributed by atoms with Gasteiger partial charge in [-0.2, -0.15) is 0 Å². The van der Waals surface area contributed by atoms with Gasteiger partial charge in [-0.3, -0.25) is 9.59 Å². The Balaban J connectivity index is 1.40. The molecular formula is C31H20O10. The van der Waals surface area contributed by atoms with Crippen LogP contribution in [-0.4, -0.2) is 27.5 Å². The lowest BCUT2D eigenvalue weighted by Crippen LogP contribution is -2.02. The molecule has 0 aliphatic carbocycles. The van der Waals surface area contributed by atoms with Crippen LogP contribution in [0.4, 0.5) is 0 Å². The van der Waals surface area contributed by atoms with Gasteiger partial charge in [0.15, 0.2) is 22.2 Å². The number of hydrogen-bond acceptors (Lipinski definition) is 10. The number of aromatic hydroxyl groups is 4. The molecule has 0 amide bonds. The van der Waals surface area contributed by atoms with Crippen LogP contribution in [0.2, 0.25) is 0 Å². The lowest BCUT2D eigenvalue weighted by molar-refractivity contribution is 0.401. The van der Waals surface area contributed by atoms with E-state index in [4.69, 9.17) is 18.3 Å². The van der Waals surface area contributed by atoms with Crippen LogP contribution in [0.25, 0.3) is 44.6 Å². The molecule has 0 spiro atoms. The Bertz CT molecular complexity index is 2070. The van der Waals surface area contributed by atoms with Gasteiger partial charge in [-0.1, -0.05) is 0 Å². The zero-order valence-corrected chi connectivity index (χ0v) is 21.2. The smallest absolute Gasteiger partial charge is 0.212 e. The van der Waals surface area contributed by atoms with Gasteiger partial charge in [0.25, 0.3) is 0 Å². The Morgan fingerprint density at radius 1 is 0.610 bits per heavy atom. The van der Waals surface area contributed by atoms with E-state index in [0.29, 0.717) is 16.9 Å². The Kier molecular flexibility index (Phi) is 6.00. The van der Waals surface area contributed by atoms with E-state index in [1.165, 1.54) is 43.5 Å². The highest BCUT2D eigenvalue weighted by molar-refractivity contribution is 5.92. The maximum absolute atomic E-state index is 12.9. The number of phenolic OH excluding ortho intramolecular Hbond substituents is 4. The van der Waals surface area contributed by atoms with Gasteiger partial charge in [-0.05, 0) is 48.5 Å². The minimum Gasteiger partial charge on any atom is -0.508 e. The first-order chi connectivity index (χ1) is 19.7. The fraction of sp³-hybridized carbons (Fsp3) is 0.0323. The fourth-order valence-corrected chi connectivity index (χ4v) is 4.45. The van der Waals surface area contributed by atoms with E-state index in [1.54, 1.807) is 36.4 Å². The minimum atomic E-state index is -0.568. The molecule has 0 saturated heterocycles. The van der Waals surface area contributed by atoms with Gasteiger partial charge in [0.05, 0.1) is 7.11 Å². The molecule has 0 bridgehead atoms. The number of ether oxygens (including phenoxy) is 2. The summed E-state index contributed by atoms with van der Waals surface area (Å²) in [5, 5.41) is 40.6. The molecule has 0 fully saturated rings. The summed E-state index contributed by atoms with van der Waals surface area (Å²) >= 11 is 0. The van der Waals surface area contributed by atoms with E-state index in [0.717, 1.165) is 6.07 Å². The van der Waals surface area contributed by atoms with Crippen LogP contribution < -0.4 is 20.3 Å². The van der Waals surface area contributed by atoms with Crippen molar-refractivity contribution >= 4 is 21.9 Å². The van der Waals surface area contributed by atoms with Gasteiger partial charge in [0.1, 0.15) is 56.6 Å². The van der Waals surface area contributed by atoms with E-state index in [2.05, 4.69) is 0 Å². The summed E-state index contributed by atoms with van der Waals surface area (Å²) in [5.41, 5.74) is -0.0638. The Morgan fingerprint density at radius 2 is 1.20 bits per heavy atom. The summed E-state index contributed by atoms with van der Waals surface area (Å²) < 4.78 is 22.8. The molecule has 0 aliphatic rings. The molecular weight excluding hydrogens is 532 g/mol. The van der Waals surface area contributed by atoms with Crippen LogP contribution in [-0.2, 0) is 0 Å². The van der Waals surface area contributed by atoms with Gasteiger partial charge < -0.3 is 38.7 Å². The van der Waals surface area contributed by atoms with Crippen molar-refractivity contribution in [3.05, 3.63) is 99.3 Å². The van der Waals surface area contributed by atoms with E-state index >= 15 is 0 Å². The average Bonchev–Trinajstić information content (AvgIpc) is 2.95. The summed E-state index contributed by atoms with van der Waals surface area (Å²) in [7, 11) is 1.43. The zero-order chi connectivity index (χ0) is 28.8. The van der Waals surface area contributed by atoms with E-state index in [9.17, 15) is 30.0 Å². The molecule has 0 radical (unpaired) electrons. The van der Waals surface area contributed by atoms with E-state index < -0.39 is 22.4 Å². The third-order valence-electron chi connectivity index (χ3n) is 6.45. The Morgan fingerprint density at radius 3 is 1.85 bits per heavy atom. The van der Waals surface area contributed by atoms with Crippen LogP contribution in [0.3, 0.4) is 0 Å². The van der Waals surface area contributed by atoms with Crippen molar-refractivity contribution in [2.24, 2.45) is 0 Å². The van der Waals surface area contributed by atoms with E-state index in [1.807, 2.05) is 0 Å². The standard InChI is InChI=1S/C31H20O10/c1-38-19-10-20(33)28-22(35)13-25(40-27(28)11-19)16-4-8-18(9-5-16)39-30-24(37)12-21(34)29-23(36)14-26(41-31(29)30)15-2-6-17(32)7-3-15/h2-14,32-34,37H,1H3. The number of fused-ring (bicyclic) bond motifs is 2. The first kappa shape index (κ1) is 25.4. The first-order valence-corrected chi connectivity index (χ1v) is 12.2. The molecule has 4 aromatic carbocycles. The van der Waals surface area contributed by atoms with Crippen molar-refractivity contribution in [2.45, 2.75) is 0 Å². The van der Waals surface area contributed by atoms with Crippen molar-refractivity contribution in [1.82, 2.24) is 0 Å². The molecule has 2 aromatic heterocycles. The summed E-state index contributed by atoms with van der Waals surface area (Å²) in [6, 6.07) is 18.5. The second-order valence-corrected chi connectivity index (χ2v) is 9.09. The fourth-order valence-electron chi connectivity index (χ4n) is 4.45. The maximum atomic E-state index is 12.9. The van der Waals surface area contributed by atoms with Crippen molar-refractivity contribution < 1.29 is 38.7 Å². The lowest BCUT2D eigenvalue weighted by Gasteiger charge is -2.13. The predicted molar refractivity (Wildman–Crippen MR) is 149 cm³/mol. The minimum absolute atomic E-state index is 0.0253. The molecule has 0 aliphatic heterocycles. The van der Waals surface area contributed by atoms with Crippen molar-refractivity contribution in [2.75, 3.05) is 7.11 Å². The molecule has 204 valence electrons. The molecule has 4 N–H and O–H groups in total. The number of rotatable bonds is 5. The topological polar surface area (TPSA) is 160 Å². The Labute approximate surface area is 230 Å². The van der Waals surface area contributed by atoms with Gasteiger partial charge in [0, 0.05) is 41.5 Å². The maximum Gasteiger partial charge on any atom is 0.212 e. The van der Waals surface area contributed by atoms with Crippen molar-refractivity contribution in [3.8, 4) is 62.9 Å². The summed E-state index contributed by atoms with van der Waals surface area (Å²) in [5.74, 6) is -0.491. The first-order valence-electron chi connectivity index (χ1n) is 12.2. The molecule has 10 heteroatoms. The molecule has 10 nitrogen and oxygen atoms in total. The number of hydrogen-bond donors (Lipinski definition) is 4. The zero-order valence-electron chi connectivity index (χ0n) is 21.2. The van der Waals surface area contributed by atoms with Crippen LogP contribution in [0, 0.1) is 0 Å². The van der Waals surface area contributed by atoms with Crippen LogP contribution in [0.5, 0.6) is 40.2 Å². The summed E-state index contributed by atoms with van der Waals surface area (Å²) in [4.78, 5) is 25.6. The van der Waals surface area contributed by atoms with Gasteiger partial charge >= 0.3 is 0 Å². The third kappa shape index (κ3) is 4.53. The molecule has 6 rings (SSSR count). The largest absolute Gasteiger partial charge is 0.508 e. The molecule has 6 aromatic rings. The van der Waals surface area contributed by atoms with Gasteiger partial charge in [0.2, 0.25) is 5.75 Å². The van der Waals surface area contributed by atoms with Crippen LogP contribution in [0.1, 0.15) is 0 Å². The summed E-state index contributed by atoms with van der Waals surface area (Å²) in [6.45, 7) is 0. The Hall–Kier alpha value is -5.90. The van der Waals surface area contributed by atoms with Gasteiger partial charge in [-0.25, -0.2) is 0 Å². The van der Waals surface area contributed by atoms with Crippen molar-refractivity contribution in [3.63, 3.8) is 0 Å². The van der Waals surface area contributed by atoms with Crippen molar-refractivity contribution in [1.29, 1.82) is 0 Å². The lowest BCUT2D eigenvalue weighted by atomic mass is 10.1. The molecule has 2 heterocycles. The molecule has 0 atom stereocenters. The normalized spacial score (nSPS) is 11.1. The third-order valence-corrected chi connectivity index (χ3v) is 6.45. The molecule has 41 heavy (non-hydrogen) atoms. The molecule has 0 unspecified atom stereocenters. The average molecular weight is 552 g/mol. The highest BCUT2D eigenvalue weighted by Gasteiger charge is 2.21. The second kappa shape index (κ2) is 9.69. The second-order valence-electron chi connectivity index (χ2n) is 9.09. The SMILES string of the molecule is COc1cc(O)c2c(=O)cc(-c3ccc(Oc4c(O)cc(O)c5c(=O)cc(-c6ccc(O)cc6)oc45)cc3)oc2c1. The highest BCUT2D eigenvalue weighted by Crippen LogP contribution is 2.43. The predicted octanol–water partition coefficient (Wildman–Crippen LogP) is 5.86. The monoisotopic (exact) mass is 552 g/mol. The molecule has 0 saturated carbocycles. The number of phenols is 4. The number of benzene rings is 4.